The van der Waals surface area contributed by atoms with E-state index < -0.39 is 0 Å². The summed E-state index contributed by atoms with van der Waals surface area (Å²) >= 11 is 5.65. The van der Waals surface area contributed by atoms with Gasteiger partial charge in [0.15, 0.2) is 5.15 Å². The van der Waals surface area contributed by atoms with Crippen molar-refractivity contribution in [2.24, 2.45) is 0 Å². The summed E-state index contributed by atoms with van der Waals surface area (Å²) in [5.74, 6) is -0.368. The van der Waals surface area contributed by atoms with E-state index in [1.54, 1.807) is 12.1 Å². The molecule has 2 nitrogen and oxygen atoms in total. The van der Waals surface area contributed by atoms with Crippen molar-refractivity contribution in [3.63, 3.8) is 0 Å². The molecule has 0 aliphatic carbocycles. The van der Waals surface area contributed by atoms with Crippen molar-refractivity contribution in [3.8, 4) is 0 Å². The van der Waals surface area contributed by atoms with Gasteiger partial charge in [0.1, 0.15) is 5.82 Å². The molecule has 0 saturated carbocycles. The predicted molar refractivity (Wildman–Crippen MR) is 44.5 cm³/mol. The maximum atomic E-state index is 13.1. The van der Waals surface area contributed by atoms with Gasteiger partial charge in [0, 0.05) is 5.39 Å². The van der Waals surface area contributed by atoms with Gasteiger partial charge < -0.3 is 0 Å². The highest BCUT2D eigenvalue weighted by Crippen LogP contribution is 2.22. The third kappa shape index (κ3) is 1.02. The molecule has 2 rings (SSSR count). The molecule has 0 amide bonds. The Labute approximate surface area is 73.0 Å². The molecule has 0 N–H and O–H groups in total. The predicted octanol–water partition coefficient (Wildman–Crippen LogP) is 2.42. The fourth-order valence-corrected chi connectivity index (χ4v) is 1.30. The highest BCUT2D eigenvalue weighted by Gasteiger charge is 2.04. The van der Waals surface area contributed by atoms with E-state index in [1.165, 1.54) is 12.3 Å². The fourth-order valence-electron chi connectivity index (χ4n) is 1.06. The van der Waals surface area contributed by atoms with E-state index in [2.05, 4.69) is 10.2 Å². The van der Waals surface area contributed by atoms with Gasteiger partial charge in [-0.25, -0.2) is 4.39 Å². The van der Waals surface area contributed by atoms with Crippen LogP contribution in [0.5, 0.6) is 0 Å². The van der Waals surface area contributed by atoms with Crippen LogP contribution >= 0.6 is 11.6 Å². The van der Waals surface area contributed by atoms with Crippen molar-refractivity contribution in [1.82, 2.24) is 10.2 Å². The minimum atomic E-state index is -0.368. The second-order valence-corrected chi connectivity index (χ2v) is 2.70. The van der Waals surface area contributed by atoms with E-state index in [-0.39, 0.29) is 11.0 Å². The number of halogens is 2. The second-order valence-electron chi connectivity index (χ2n) is 2.34. The Bertz CT molecular complexity index is 394. The zero-order valence-electron chi connectivity index (χ0n) is 5.96. The van der Waals surface area contributed by atoms with Crippen molar-refractivity contribution in [2.75, 3.05) is 0 Å². The lowest BCUT2D eigenvalue weighted by Gasteiger charge is -1.97. The lowest BCUT2D eigenvalue weighted by atomic mass is 10.2. The van der Waals surface area contributed by atoms with Gasteiger partial charge in [0.25, 0.3) is 0 Å². The Balaban J connectivity index is 2.96. The molecule has 1 aromatic heterocycles. The zero-order chi connectivity index (χ0) is 8.55. The molecule has 0 bridgehead atoms. The number of benzene rings is 1. The van der Waals surface area contributed by atoms with Crippen LogP contribution in [0, 0.1) is 5.82 Å². The van der Waals surface area contributed by atoms with Gasteiger partial charge in [-0.15, -0.1) is 5.10 Å². The lowest BCUT2D eigenvalue weighted by molar-refractivity contribution is 0.639. The first kappa shape index (κ1) is 7.43. The second kappa shape index (κ2) is 2.68. The van der Waals surface area contributed by atoms with E-state index in [4.69, 9.17) is 11.6 Å². The summed E-state index contributed by atoms with van der Waals surface area (Å²) < 4.78 is 13.1. The van der Waals surface area contributed by atoms with Gasteiger partial charge in [-0.3, -0.25) is 0 Å². The standard InChI is InChI=1S/C8H4ClFN2/c9-8-7-5(4-11-12-8)2-1-3-6(7)10/h1-4H. The van der Waals surface area contributed by atoms with E-state index in [0.717, 1.165) is 0 Å². The first-order valence-corrected chi connectivity index (χ1v) is 3.72. The smallest absolute Gasteiger partial charge is 0.162 e. The molecule has 0 saturated heterocycles. The van der Waals surface area contributed by atoms with E-state index in [9.17, 15) is 4.39 Å². The Morgan fingerprint density at radius 2 is 2.17 bits per heavy atom. The molecule has 0 atom stereocenters. The number of hydrogen-bond acceptors (Lipinski definition) is 2. The highest BCUT2D eigenvalue weighted by atomic mass is 35.5. The minimum absolute atomic E-state index is 0.102. The zero-order valence-corrected chi connectivity index (χ0v) is 6.72. The molecule has 1 heterocycles. The molecule has 0 unspecified atom stereocenters. The van der Waals surface area contributed by atoms with Crippen LogP contribution in [-0.2, 0) is 0 Å². The van der Waals surface area contributed by atoms with Gasteiger partial charge >= 0.3 is 0 Å². The number of nitrogens with zero attached hydrogens (tertiary/aromatic N) is 2. The highest BCUT2D eigenvalue weighted by molar-refractivity contribution is 6.34. The molecular formula is C8H4ClFN2. The molecule has 4 heteroatoms. The van der Waals surface area contributed by atoms with Crippen LogP contribution in [0.1, 0.15) is 0 Å². The molecular weight excluding hydrogens is 179 g/mol. The van der Waals surface area contributed by atoms with Gasteiger partial charge in [-0.1, -0.05) is 23.7 Å². The van der Waals surface area contributed by atoms with Crippen LogP contribution in [-0.4, -0.2) is 10.2 Å². The first-order chi connectivity index (χ1) is 5.79. The van der Waals surface area contributed by atoms with E-state index in [1.807, 2.05) is 0 Å². The largest absolute Gasteiger partial charge is 0.206 e. The number of rotatable bonds is 0. The van der Waals surface area contributed by atoms with Crippen LogP contribution in [0.3, 0.4) is 0 Å². The van der Waals surface area contributed by atoms with Gasteiger partial charge in [-0.05, 0) is 6.07 Å². The molecule has 0 aliphatic heterocycles. The summed E-state index contributed by atoms with van der Waals surface area (Å²) in [5, 5.41) is 8.24. The minimum Gasteiger partial charge on any atom is -0.206 e. The molecule has 0 fully saturated rings. The Morgan fingerprint density at radius 1 is 1.33 bits per heavy atom. The average Bonchev–Trinajstić information content (AvgIpc) is 2.04. The molecule has 12 heavy (non-hydrogen) atoms. The summed E-state index contributed by atoms with van der Waals surface area (Å²) in [7, 11) is 0. The van der Waals surface area contributed by atoms with Crippen molar-refractivity contribution in [1.29, 1.82) is 0 Å². The summed E-state index contributed by atoms with van der Waals surface area (Å²) in [6.45, 7) is 0. The van der Waals surface area contributed by atoms with Crippen LogP contribution in [0.15, 0.2) is 24.4 Å². The molecule has 60 valence electrons. The number of hydrogen-bond donors (Lipinski definition) is 0. The Hall–Kier alpha value is -1.22. The van der Waals surface area contributed by atoms with Crippen LogP contribution < -0.4 is 0 Å². The van der Waals surface area contributed by atoms with Gasteiger partial charge in [0.2, 0.25) is 0 Å². The molecule has 1 aromatic carbocycles. The number of aromatic nitrogens is 2. The topological polar surface area (TPSA) is 25.8 Å². The average molecular weight is 183 g/mol. The number of fused-ring (bicyclic) bond motifs is 1. The maximum Gasteiger partial charge on any atom is 0.162 e. The third-order valence-electron chi connectivity index (χ3n) is 1.59. The third-order valence-corrected chi connectivity index (χ3v) is 1.86. The Morgan fingerprint density at radius 3 is 2.92 bits per heavy atom. The maximum absolute atomic E-state index is 13.1. The van der Waals surface area contributed by atoms with Gasteiger partial charge in [-0.2, -0.15) is 5.10 Å². The van der Waals surface area contributed by atoms with Crippen molar-refractivity contribution in [3.05, 3.63) is 35.4 Å². The lowest BCUT2D eigenvalue weighted by Crippen LogP contribution is -1.86. The molecule has 0 aliphatic rings. The molecule has 0 radical (unpaired) electrons. The quantitative estimate of drug-likeness (QED) is 0.625. The SMILES string of the molecule is Fc1cccc2cnnc(Cl)c12. The summed E-state index contributed by atoms with van der Waals surface area (Å²) in [4.78, 5) is 0. The summed E-state index contributed by atoms with van der Waals surface area (Å²) in [6, 6.07) is 4.69. The molecule has 2 aromatic rings. The fraction of sp³-hybridized carbons (Fsp3) is 0. The van der Waals surface area contributed by atoms with E-state index >= 15 is 0 Å². The monoisotopic (exact) mass is 182 g/mol. The summed E-state index contributed by atoms with van der Waals surface area (Å²) in [5.41, 5.74) is 0. The first-order valence-electron chi connectivity index (χ1n) is 3.34. The van der Waals surface area contributed by atoms with Crippen molar-refractivity contribution in [2.45, 2.75) is 0 Å². The normalized spacial score (nSPS) is 10.5. The molecule has 0 spiro atoms. The summed E-state index contributed by atoms with van der Waals surface area (Å²) in [6.07, 6.45) is 1.48. The van der Waals surface area contributed by atoms with Crippen LogP contribution in [0.25, 0.3) is 10.8 Å². The van der Waals surface area contributed by atoms with Crippen molar-refractivity contribution >= 4 is 22.4 Å². The van der Waals surface area contributed by atoms with Crippen LogP contribution in [0.4, 0.5) is 4.39 Å². The van der Waals surface area contributed by atoms with Gasteiger partial charge in [0.05, 0.1) is 11.6 Å². The van der Waals surface area contributed by atoms with Crippen LogP contribution in [0.2, 0.25) is 5.15 Å². The van der Waals surface area contributed by atoms with E-state index in [0.29, 0.717) is 10.8 Å². The van der Waals surface area contributed by atoms with Crippen molar-refractivity contribution < 1.29 is 4.39 Å². The Kier molecular flexibility index (Phi) is 1.66.